The van der Waals surface area contributed by atoms with Crippen molar-refractivity contribution in [3.8, 4) is 5.75 Å². The van der Waals surface area contributed by atoms with E-state index in [4.69, 9.17) is 0 Å². The average molecular weight is 195 g/mol. The Hall–Kier alpha value is -1.58. The fourth-order valence-corrected chi connectivity index (χ4v) is 1.23. The van der Waals surface area contributed by atoms with Crippen LogP contribution in [0.4, 0.5) is 5.69 Å². The van der Waals surface area contributed by atoms with Gasteiger partial charge < -0.3 is 5.11 Å². The van der Waals surface area contributed by atoms with Crippen LogP contribution in [0.2, 0.25) is 0 Å². The maximum Gasteiger partial charge on any atom is 0.310 e. The summed E-state index contributed by atoms with van der Waals surface area (Å²) in [4.78, 5) is 9.96. The van der Waals surface area contributed by atoms with E-state index in [0.717, 1.165) is 12.0 Å². The van der Waals surface area contributed by atoms with Gasteiger partial charge >= 0.3 is 5.69 Å². The van der Waals surface area contributed by atoms with Crippen molar-refractivity contribution in [2.45, 2.75) is 26.2 Å². The van der Waals surface area contributed by atoms with Crippen LogP contribution < -0.4 is 0 Å². The van der Waals surface area contributed by atoms with Crippen molar-refractivity contribution in [1.82, 2.24) is 0 Å². The van der Waals surface area contributed by atoms with E-state index in [0.29, 0.717) is 0 Å². The fourth-order valence-electron chi connectivity index (χ4n) is 1.23. The molecule has 0 fully saturated rings. The molecule has 14 heavy (non-hydrogen) atoms. The molecule has 0 radical (unpaired) electrons. The van der Waals surface area contributed by atoms with Crippen LogP contribution in [0.1, 0.15) is 31.7 Å². The molecule has 4 heteroatoms. The first-order chi connectivity index (χ1) is 6.56. The third-order valence-corrected chi connectivity index (χ3v) is 2.38. The highest BCUT2D eigenvalue weighted by Crippen LogP contribution is 2.30. The molecule has 1 aromatic rings. The molecule has 0 amide bonds. The maximum absolute atomic E-state index is 10.5. The Balaban J connectivity index is 3.12. The van der Waals surface area contributed by atoms with Gasteiger partial charge in [0.15, 0.2) is 5.75 Å². The van der Waals surface area contributed by atoms with Crippen molar-refractivity contribution in [3.63, 3.8) is 0 Å². The van der Waals surface area contributed by atoms with E-state index in [9.17, 15) is 15.2 Å². The normalized spacial score (nSPS) is 12.4. The van der Waals surface area contributed by atoms with Crippen LogP contribution >= 0.6 is 0 Å². The van der Waals surface area contributed by atoms with Gasteiger partial charge in [-0.15, -0.1) is 0 Å². The second-order valence-corrected chi connectivity index (χ2v) is 3.31. The van der Waals surface area contributed by atoms with Gasteiger partial charge in [0.05, 0.1) is 4.92 Å². The standard InChI is InChI=1S/C10H13NO3/c1-3-7(2)8-4-5-10(12)9(6-8)11(13)14/h4-7,12H,3H2,1-2H3/t7-/m1/s1. The quantitative estimate of drug-likeness (QED) is 0.595. The minimum Gasteiger partial charge on any atom is -0.502 e. The SMILES string of the molecule is CC[C@@H](C)c1ccc(O)c([N+](=O)[O-])c1. The molecular formula is C10H13NO3. The number of benzene rings is 1. The van der Waals surface area contributed by atoms with E-state index in [1.54, 1.807) is 6.07 Å². The monoisotopic (exact) mass is 195 g/mol. The third-order valence-electron chi connectivity index (χ3n) is 2.38. The van der Waals surface area contributed by atoms with Crippen molar-refractivity contribution >= 4 is 5.69 Å². The van der Waals surface area contributed by atoms with Crippen molar-refractivity contribution < 1.29 is 10.0 Å². The Morgan fingerprint density at radius 2 is 2.21 bits per heavy atom. The molecule has 0 saturated heterocycles. The van der Waals surface area contributed by atoms with E-state index in [-0.39, 0.29) is 17.4 Å². The summed E-state index contributed by atoms with van der Waals surface area (Å²) >= 11 is 0. The molecule has 0 aromatic heterocycles. The highest BCUT2D eigenvalue weighted by Gasteiger charge is 2.15. The van der Waals surface area contributed by atoms with Gasteiger partial charge in [0.25, 0.3) is 0 Å². The first-order valence-electron chi connectivity index (χ1n) is 4.53. The van der Waals surface area contributed by atoms with Crippen LogP contribution in [-0.4, -0.2) is 10.0 Å². The molecule has 4 nitrogen and oxygen atoms in total. The predicted octanol–water partition coefficient (Wildman–Crippen LogP) is 2.81. The topological polar surface area (TPSA) is 63.4 Å². The molecule has 1 rings (SSSR count). The third kappa shape index (κ3) is 2.02. The number of nitro benzene ring substituents is 1. The summed E-state index contributed by atoms with van der Waals surface area (Å²) in [6.45, 7) is 4.01. The summed E-state index contributed by atoms with van der Waals surface area (Å²) in [6, 6.07) is 4.53. The van der Waals surface area contributed by atoms with E-state index in [2.05, 4.69) is 0 Å². The molecule has 1 atom stereocenters. The van der Waals surface area contributed by atoms with Crippen LogP contribution in [0.25, 0.3) is 0 Å². The Kier molecular flexibility index (Phi) is 3.06. The summed E-state index contributed by atoms with van der Waals surface area (Å²) in [5.41, 5.74) is 0.666. The Morgan fingerprint density at radius 3 is 2.71 bits per heavy atom. The first kappa shape index (κ1) is 10.5. The lowest BCUT2D eigenvalue weighted by molar-refractivity contribution is -0.385. The molecule has 0 saturated carbocycles. The van der Waals surface area contributed by atoms with Crippen molar-refractivity contribution in [2.24, 2.45) is 0 Å². The van der Waals surface area contributed by atoms with Crippen molar-refractivity contribution in [3.05, 3.63) is 33.9 Å². The number of nitrogens with zero attached hydrogens (tertiary/aromatic N) is 1. The number of hydrogen-bond acceptors (Lipinski definition) is 3. The largest absolute Gasteiger partial charge is 0.502 e. The molecular weight excluding hydrogens is 182 g/mol. The average Bonchev–Trinajstić information content (AvgIpc) is 2.17. The number of phenolic OH excluding ortho intramolecular Hbond substituents is 1. The lowest BCUT2D eigenvalue weighted by atomic mass is 9.98. The van der Waals surface area contributed by atoms with Crippen LogP contribution in [0.3, 0.4) is 0 Å². The highest BCUT2D eigenvalue weighted by molar-refractivity contribution is 5.48. The molecule has 0 aliphatic heterocycles. The lowest BCUT2D eigenvalue weighted by Gasteiger charge is -2.08. The highest BCUT2D eigenvalue weighted by atomic mass is 16.6. The summed E-state index contributed by atoms with van der Waals surface area (Å²) in [5, 5.41) is 19.7. The number of hydrogen-bond donors (Lipinski definition) is 1. The van der Waals surface area contributed by atoms with Crippen molar-refractivity contribution in [2.75, 3.05) is 0 Å². The number of aromatic hydroxyl groups is 1. The van der Waals surface area contributed by atoms with Crippen LogP contribution in [0.15, 0.2) is 18.2 Å². The van der Waals surface area contributed by atoms with Crippen LogP contribution in [0, 0.1) is 10.1 Å². The minimum atomic E-state index is -0.568. The van der Waals surface area contributed by atoms with Crippen LogP contribution in [-0.2, 0) is 0 Å². The number of phenols is 1. The zero-order valence-corrected chi connectivity index (χ0v) is 8.23. The maximum atomic E-state index is 10.5. The molecule has 1 N–H and O–H groups in total. The summed E-state index contributed by atoms with van der Waals surface area (Å²) < 4.78 is 0. The van der Waals surface area contributed by atoms with Gasteiger partial charge in [-0.05, 0) is 24.0 Å². The van der Waals surface area contributed by atoms with Gasteiger partial charge in [-0.25, -0.2) is 0 Å². The summed E-state index contributed by atoms with van der Waals surface area (Å²) in [5.74, 6) is -0.00338. The van der Waals surface area contributed by atoms with Crippen LogP contribution in [0.5, 0.6) is 5.75 Å². The summed E-state index contributed by atoms with van der Waals surface area (Å²) in [7, 11) is 0. The van der Waals surface area contributed by atoms with Gasteiger partial charge in [-0.2, -0.15) is 0 Å². The molecule has 0 heterocycles. The number of nitro groups is 1. The minimum absolute atomic E-state index is 0.220. The molecule has 0 aliphatic rings. The first-order valence-corrected chi connectivity index (χ1v) is 4.53. The molecule has 1 aromatic carbocycles. The van der Waals surface area contributed by atoms with E-state index in [1.807, 2.05) is 13.8 Å². The zero-order valence-electron chi connectivity index (χ0n) is 8.23. The lowest BCUT2D eigenvalue weighted by Crippen LogP contribution is -1.94. The Morgan fingerprint density at radius 1 is 1.57 bits per heavy atom. The molecule has 0 unspecified atom stereocenters. The van der Waals surface area contributed by atoms with Gasteiger partial charge in [0, 0.05) is 6.07 Å². The van der Waals surface area contributed by atoms with E-state index < -0.39 is 4.92 Å². The Bertz CT molecular complexity index is 349. The predicted molar refractivity (Wildman–Crippen MR) is 53.5 cm³/mol. The van der Waals surface area contributed by atoms with Gasteiger partial charge in [0.1, 0.15) is 0 Å². The second-order valence-electron chi connectivity index (χ2n) is 3.31. The van der Waals surface area contributed by atoms with E-state index in [1.165, 1.54) is 12.1 Å². The van der Waals surface area contributed by atoms with E-state index >= 15 is 0 Å². The fraction of sp³-hybridized carbons (Fsp3) is 0.400. The smallest absolute Gasteiger partial charge is 0.310 e. The van der Waals surface area contributed by atoms with Gasteiger partial charge in [-0.3, -0.25) is 10.1 Å². The number of rotatable bonds is 3. The molecule has 0 bridgehead atoms. The zero-order chi connectivity index (χ0) is 10.7. The van der Waals surface area contributed by atoms with Crippen molar-refractivity contribution in [1.29, 1.82) is 0 Å². The molecule has 0 spiro atoms. The van der Waals surface area contributed by atoms with Gasteiger partial charge in [-0.1, -0.05) is 19.9 Å². The second kappa shape index (κ2) is 4.09. The Labute approximate surface area is 82.3 Å². The summed E-state index contributed by atoms with van der Waals surface area (Å²) in [6.07, 6.45) is 0.919. The molecule has 76 valence electrons. The van der Waals surface area contributed by atoms with Gasteiger partial charge in [0.2, 0.25) is 0 Å². The molecule has 0 aliphatic carbocycles.